The first kappa shape index (κ1) is 23.4. The van der Waals surface area contributed by atoms with E-state index in [4.69, 9.17) is 0 Å². The summed E-state index contributed by atoms with van der Waals surface area (Å²) in [4.78, 5) is 17.2. The molecule has 31 heavy (non-hydrogen) atoms. The quantitative estimate of drug-likeness (QED) is 0.455. The molecular formula is C21H22FN3O3S3. The molecule has 2 N–H and O–H groups in total. The van der Waals surface area contributed by atoms with Crippen LogP contribution in [0.15, 0.2) is 63.1 Å². The standard InChI is InChI=1S/C21H22FN3O3S3/c1-13(2)25-31(27,28)18-10-8-17(9-11-18)23-20(26)14(3)30-21-24-19(12-29-21)15-4-6-16(22)7-5-15/h4-14,25H,1-3H3,(H,23,26). The lowest BCUT2D eigenvalue weighted by Gasteiger charge is -2.12. The van der Waals surface area contributed by atoms with Crippen LogP contribution in [0.3, 0.4) is 0 Å². The number of amides is 1. The van der Waals surface area contributed by atoms with Crippen LogP contribution in [0.5, 0.6) is 0 Å². The molecule has 0 fully saturated rings. The van der Waals surface area contributed by atoms with Crippen LogP contribution in [0.4, 0.5) is 10.1 Å². The zero-order valence-electron chi connectivity index (χ0n) is 17.1. The number of halogens is 1. The average molecular weight is 480 g/mol. The Morgan fingerprint density at radius 1 is 1.06 bits per heavy atom. The highest BCUT2D eigenvalue weighted by molar-refractivity contribution is 8.02. The van der Waals surface area contributed by atoms with Gasteiger partial charge in [0.25, 0.3) is 0 Å². The summed E-state index contributed by atoms with van der Waals surface area (Å²) < 4.78 is 40.7. The van der Waals surface area contributed by atoms with Gasteiger partial charge in [-0.2, -0.15) is 0 Å². The molecule has 1 amide bonds. The summed E-state index contributed by atoms with van der Waals surface area (Å²) in [6.07, 6.45) is 0. The number of aromatic nitrogens is 1. The number of thioether (sulfide) groups is 1. The van der Waals surface area contributed by atoms with Gasteiger partial charge in [0.05, 0.1) is 15.8 Å². The van der Waals surface area contributed by atoms with E-state index in [0.29, 0.717) is 5.69 Å². The Kier molecular flexibility index (Phi) is 7.47. The van der Waals surface area contributed by atoms with Crippen LogP contribution in [0.25, 0.3) is 11.3 Å². The molecule has 3 aromatic rings. The van der Waals surface area contributed by atoms with Crippen molar-refractivity contribution in [2.75, 3.05) is 5.32 Å². The van der Waals surface area contributed by atoms with Crippen molar-refractivity contribution in [2.45, 2.75) is 41.3 Å². The lowest BCUT2D eigenvalue weighted by molar-refractivity contribution is -0.115. The smallest absolute Gasteiger partial charge is 0.240 e. The molecule has 10 heteroatoms. The molecule has 1 aromatic heterocycles. The van der Waals surface area contributed by atoms with Crippen molar-refractivity contribution in [2.24, 2.45) is 0 Å². The molecular weight excluding hydrogens is 457 g/mol. The van der Waals surface area contributed by atoms with E-state index in [1.54, 1.807) is 45.0 Å². The second-order valence-electron chi connectivity index (χ2n) is 7.06. The van der Waals surface area contributed by atoms with E-state index in [1.807, 2.05) is 5.38 Å². The molecule has 0 aliphatic heterocycles. The van der Waals surface area contributed by atoms with Crippen LogP contribution in [-0.4, -0.2) is 30.6 Å². The fourth-order valence-electron chi connectivity index (χ4n) is 2.61. The van der Waals surface area contributed by atoms with Crippen molar-refractivity contribution in [3.8, 4) is 11.3 Å². The second kappa shape index (κ2) is 9.90. The van der Waals surface area contributed by atoms with Gasteiger partial charge in [0.2, 0.25) is 15.9 Å². The first-order valence-electron chi connectivity index (χ1n) is 9.45. The van der Waals surface area contributed by atoms with Crippen molar-refractivity contribution in [1.82, 2.24) is 9.71 Å². The molecule has 2 aromatic carbocycles. The van der Waals surface area contributed by atoms with Crippen molar-refractivity contribution < 1.29 is 17.6 Å². The fourth-order valence-corrected chi connectivity index (χ4v) is 5.83. The predicted octanol–water partition coefficient (Wildman–Crippen LogP) is 4.76. The van der Waals surface area contributed by atoms with Gasteiger partial charge in [0.15, 0.2) is 4.34 Å². The van der Waals surface area contributed by atoms with E-state index >= 15 is 0 Å². The summed E-state index contributed by atoms with van der Waals surface area (Å²) in [7, 11) is -3.58. The van der Waals surface area contributed by atoms with Gasteiger partial charge in [-0.1, -0.05) is 11.8 Å². The largest absolute Gasteiger partial charge is 0.325 e. The molecule has 1 unspecified atom stereocenters. The number of carbonyl (C=O) groups excluding carboxylic acids is 1. The number of rotatable bonds is 8. The zero-order valence-corrected chi connectivity index (χ0v) is 19.6. The van der Waals surface area contributed by atoms with Gasteiger partial charge < -0.3 is 5.32 Å². The van der Waals surface area contributed by atoms with Crippen molar-refractivity contribution >= 4 is 44.7 Å². The van der Waals surface area contributed by atoms with Crippen LogP contribution in [0.1, 0.15) is 20.8 Å². The maximum atomic E-state index is 13.1. The molecule has 0 bridgehead atoms. The molecule has 3 rings (SSSR count). The maximum absolute atomic E-state index is 13.1. The first-order chi connectivity index (χ1) is 14.6. The summed E-state index contributed by atoms with van der Waals surface area (Å²) in [5.41, 5.74) is 2.04. The molecule has 164 valence electrons. The number of hydrogen-bond donors (Lipinski definition) is 2. The number of anilines is 1. The molecule has 6 nitrogen and oxygen atoms in total. The van der Waals surface area contributed by atoms with Gasteiger partial charge in [-0.15, -0.1) is 11.3 Å². The van der Waals surface area contributed by atoms with Crippen molar-refractivity contribution in [3.63, 3.8) is 0 Å². The zero-order chi connectivity index (χ0) is 22.6. The number of nitrogens with zero attached hydrogens (tertiary/aromatic N) is 1. The number of benzene rings is 2. The van der Waals surface area contributed by atoms with E-state index in [9.17, 15) is 17.6 Å². The lowest BCUT2D eigenvalue weighted by atomic mass is 10.2. The number of carbonyl (C=O) groups is 1. The number of sulfonamides is 1. The van der Waals surface area contributed by atoms with Gasteiger partial charge in [0.1, 0.15) is 5.82 Å². The highest BCUT2D eigenvalue weighted by atomic mass is 32.2. The van der Waals surface area contributed by atoms with Crippen molar-refractivity contribution in [3.05, 3.63) is 59.7 Å². The van der Waals surface area contributed by atoms with E-state index in [0.717, 1.165) is 15.6 Å². The molecule has 0 aliphatic carbocycles. The summed E-state index contributed by atoms with van der Waals surface area (Å²) >= 11 is 2.73. The average Bonchev–Trinajstić information content (AvgIpc) is 3.16. The fraction of sp³-hybridized carbons (Fsp3) is 0.238. The van der Waals surface area contributed by atoms with Crippen LogP contribution in [-0.2, 0) is 14.8 Å². The molecule has 1 heterocycles. The monoisotopic (exact) mass is 479 g/mol. The Labute approximate surface area is 189 Å². The molecule has 0 saturated heterocycles. The third kappa shape index (κ3) is 6.36. The lowest BCUT2D eigenvalue weighted by Crippen LogP contribution is -2.30. The molecule has 0 radical (unpaired) electrons. The summed E-state index contributed by atoms with van der Waals surface area (Å²) in [6, 6.07) is 11.9. The molecule has 1 atom stereocenters. The van der Waals surface area contributed by atoms with Crippen LogP contribution < -0.4 is 10.0 Å². The van der Waals surface area contributed by atoms with Gasteiger partial charge in [-0.05, 0) is 69.3 Å². The third-order valence-corrected chi connectivity index (χ3v) is 7.84. The van der Waals surface area contributed by atoms with Crippen LogP contribution in [0.2, 0.25) is 0 Å². The van der Waals surface area contributed by atoms with Gasteiger partial charge >= 0.3 is 0 Å². The third-order valence-electron chi connectivity index (χ3n) is 4.09. The Morgan fingerprint density at radius 2 is 1.71 bits per heavy atom. The van der Waals surface area contributed by atoms with E-state index in [2.05, 4.69) is 15.0 Å². The minimum atomic E-state index is -3.58. The second-order valence-corrected chi connectivity index (χ2v) is 11.2. The molecule has 0 spiro atoms. The number of thiazole rings is 1. The number of nitrogens with one attached hydrogen (secondary N) is 2. The minimum absolute atomic E-state index is 0.137. The Bertz CT molecular complexity index is 1140. The maximum Gasteiger partial charge on any atom is 0.240 e. The Hall–Kier alpha value is -2.27. The molecule has 0 saturated carbocycles. The van der Waals surface area contributed by atoms with Crippen LogP contribution >= 0.6 is 23.1 Å². The highest BCUT2D eigenvalue weighted by Crippen LogP contribution is 2.31. The summed E-state index contributed by atoms with van der Waals surface area (Å²) in [6.45, 7) is 5.26. The van der Waals surface area contributed by atoms with Gasteiger partial charge in [-0.25, -0.2) is 22.5 Å². The van der Waals surface area contributed by atoms with Crippen LogP contribution in [0, 0.1) is 5.82 Å². The van der Waals surface area contributed by atoms with E-state index < -0.39 is 15.3 Å². The Balaban J connectivity index is 1.60. The Morgan fingerprint density at radius 3 is 2.32 bits per heavy atom. The first-order valence-corrected chi connectivity index (χ1v) is 12.7. The van der Waals surface area contributed by atoms with E-state index in [-0.39, 0.29) is 22.7 Å². The molecule has 0 aliphatic rings. The number of hydrogen-bond acceptors (Lipinski definition) is 6. The summed E-state index contributed by atoms with van der Waals surface area (Å²) in [5.74, 6) is -0.528. The van der Waals surface area contributed by atoms with E-state index in [1.165, 1.54) is 47.4 Å². The van der Waals surface area contributed by atoms with Crippen molar-refractivity contribution in [1.29, 1.82) is 0 Å². The van der Waals surface area contributed by atoms with Gasteiger partial charge in [-0.3, -0.25) is 4.79 Å². The predicted molar refractivity (Wildman–Crippen MR) is 123 cm³/mol. The minimum Gasteiger partial charge on any atom is -0.325 e. The SMILES string of the molecule is CC(C)NS(=O)(=O)c1ccc(NC(=O)C(C)Sc2nc(-c3ccc(F)cc3)cs2)cc1. The van der Waals surface area contributed by atoms with Gasteiger partial charge in [0, 0.05) is 22.7 Å². The topological polar surface area (TPSA) is 88.2 Å². The highest BCUT2D eigenvalue weighted by Gasteiger charge is 2.18. The normalized spacial score (nSPS) is 12.7. The summed E-state index contributed by atoms with van der Waals surface area (Å²) in [5, 5.41) is 4.23.